The number of halogens is 2. The molecule has 1 atom stereocenters. The molecule has 1 saturated heterocycles. The number of benzene rings is 1. The van der Waals surface area contributed by atoms with E-state index in [1.807, 2.05) is 28.7 Å². The summed E-state index contributed by atoms with van der Waals surface area (Å²) in [6, 6.07) is 3.49. The highest BCUT2D eigenvalue weighted by atomic mass is 127. The lowest BCUT2D eigenvalue weighted by molar-refractivity contribution is -0.123. The molecular weight excluding hydrogens is 536 g/mol. The molecule has 0 aromatic heterocycles. The van der Waals surface area contributed by atoms with Crippen molar-refractivity contribution in [1.29, 1.82) is 0 Å². The molecule has 1 fully saturated rings. The van der Waals surface area contributed by atoms with Gasteiger partial charge < -0.3 is 21.1 Å². The molecule has 0 spiro atoms. The SMILES string of the molecule is NC(=O)C1CCCN(CCCNC(=O)c2cc(I)cc(I)c2O)C1. The lowest BCUT2D eigenvalue weighted by atomic mass is 9.97. The Labute approximate surface area is 168 Å². The number of rotatable bonds is 6. The number of phenolic OH excluding ortho intramolecular Hbond substituents is 1. The van der Waals surface area contributed by atoms with Gasteiger partial charge in [-0.15, -0.1) is 0 Å². The smallest absolute Gasteiger partial charge is 0.255 e. The zero-order valence-electron chi connectivity index (χ0n) is 13.2. The highest BCUT2D eigenvalue weighted by Gasteiger charge is 2.23. The molecule has 1 aromatic carbocycles. The van der Waals surface area contributed by atoms with Crippen molar-refractivity contribution >= 4 is 57.0 Å². The second-order valence-electron chi connectivity index (χ2n) is 5.94. The van der Waals surface area contributed by atoms with E-state index in [4.69, 9.17) is 5.73 Å². The summed E-state index contributed by atoms with van der Waals surface area (Å²) in [5.74, 6) is -0.526. The maximum Gasteiger partial charge on any atom is 0.255 e. The fourth-order valence-corrected chi connectivity index (χ4v) is 4.67. The number of carbonyl (C=O) groups is 2. The van der Waals surface area contributed by atoms with Gasteiger partial charge in [0.15, 0.2) is 0 Å². The molecule has 0 radical (unpaired) electrons. The van der Waals surface area contributed by atoms with Gasteiger partial charge in [0.2, 0.25) is 5.91 Å². The van der Waals surface area contributed by atoms with Gasteiger partial charge in [-0.2, -0.15) is 0 Å². The number of primary amides is 1. The number of nitrogens with zero attached hydrogens (tertiary/aromatic N) is 1. The van der Waals surface area contributed by atoms with Gasteiger partial charge in [0.1, 0.15) is 5.75 Å². The third kappa shape index (κ3) is 5.45. The van der Waals surface area contributed by atoms with Gasteiger partial charge in [0, 0.05) is 16.7 Å². The van der Waals surface area contributed by atoms with Crippen LogP contribution in [0.3, 0.4) is 0 Å². The summed E-state index contributed by atoms with van der Waals surface area (Å²) in [4.78, 5) is 25.7. The van der Waals surface area contributed by atoms with Crippen LogP contribution in [0.2, 0.25) is 0 Å². The summed E-state index contributed by atoms with van der Waals surface area (Å²) in [7, 11) is 0. The van der Waals surface area contributed by atoms with E-state index in [0.29, 0.717) is 22.2 Å². The minimum atomic E-state index is -0.266. The number of carbonyl (C=O) groups excluding carboxylic acids is 2. The summed E-state index contributed by atoms with van der Waals surface area (Å²) in [6.45, 7) is 3.02. The van der Waals surface area contributed by atoms with E-state index >= 15 is 0 Å². The van der Waals surface area contributed by atoms with E-state index in [1.54, 1.807) is 6.07 Å². The first-order valence-electron chi connectivity index (χ1n) is 7.86. The van der Waals surface area contributed by atoms with E-state index < -0.39 is 0 Å². The van der Waals surface area contributed by atoms with Crippen molar-refractivity contribution in [1.82, 2.24) is 10.2 Å². The molecule has 0 saturated carbocycles. The number of nitrogens with two attached hydrogens (primary N) is 1. The lowest BCUT2D eigenvalue weighted by Gasteiger charge is -2.31. The van der Waals surface area contributed by atoms with Gasteiger partial charge in [0.05, 0.1) is 15.1 Å². The average Bonchev–Trinajstić information content (AvgIpc) is 2.55. The van der Waals surface area contributed by atoms with Crippen LogP contribution in [-0.4, -0.2) is 48.0 Å². The van der Waals surface area contributed by atoms with Gasteiger partial charge in [-0.3, -0.25) is 9.59 Å². The first-order valence-corrected chi connectivity index (χ1v) is 10.0. The van der Waals surface area contributed by atoms with Crippen molar-refractivity contribution < 1.29 is 14.7 Å². The van der Waals surface area contributed by atoms with Crippen molar-refractivity contribution in [2.24, 2.45) is 11.7 Å². The Kier molecular flexibility index (Phi) is 7.54. The summed E-state index contributed by atoms with van der Waals surface area (Å²) in [5.41, 5.74) is 5.68. The number of hydrogen-bond acceptors (Lipinski definition) is 4. The van der Waals surface area contributed by atoms with Crippen LogP contribution >= 0.6 is 45.2 Å². The van der Waals surface area contributed by atoms with Crippen molar-refractivity contribution in [3.05, 3.63) is 24.8 Å². The van der Waals surface area contributed by atoms with Crippen molar-refractivity contribution in [3.8, 4) is 5.75 Å². The maximum absolute atomic E-state index is 12.2. The Morgan fingerprint density at radius 2 is 2.12 bits per heavy atom. The van der Waals surface area contributed by atoms with Crippen LogP contribution in [0, 0.1) is 13.1 Å². The van der Waals surface area contributed by atoms with Gasteiger partial charge >= 0.3 is 0 Å². The highest BCUT2D eigenvalue weighted by Crippen LogP contribution is 2.26. The molecule has 2 amide bonds. The maximum atomic E-state index is 12.2. The van der Waals surface area contributed by atoms with E-state index in [0.717, 1.165) is 35.9 Å². The van der Waals surface area contributed by atoms with Crippen molar-refractivity contribution in [2.45, 2.75) is 19.3 Å². The zero-order chi connectivity index (χ0) is 17.7. The van der Waals surface area contributed by atoms with Crippen LogP contribution in [0.15, 0.2) is 12.1 Å². The van der Waals surface area contributed by atoms with E-state index in [2.05, 4.69) is 32.8 Å². The topological polar surface area (TPSA) is 95.7 Å². The number of phenols is 1. The van der Waals surface area contributed by atoms with Crippen LogP contribution in [-0.2, 0) is 4.79 Å². The molecule has 2 rings (SSSR count). The predicted octanol–water partition coefficient (Wildman–Crippen LogP) is 1.92. The number of likely N-dealkylation sites (tertiary alicyclic amines) is 1. The molecule has 0 bridgehead atoms. The third-order valence-corrected chi connectivity index (χ3v) is 5.56. The molecule has 1 heterocycles. The fraction of sp³-hybridized carbons (Fsp3) is 0.500. The second kappa shape index (κ2) is 9.18. The van der Waals surface area contributed by atoms with E-state index in [9.17, 15) is 14.7 Å². The van der Waals surface area contributed by atoms with Crippen LogP contribution in [0.1, 0.15) is 29.6 Å². The molecule has 8 heteroatoms. The number of amides is 2. The van der Waals surface area contributed by atoms with Gasteiger partial charge in [0.25, 0.3) is 5.91 Å². The molecule has 0 aliphatic carbocycles. The molecule has 132 valence electrons. The van der Waals surface area contributed by atoms with Gasteiger partial charge in [-0.1, -0.05) is 0 Å². The summed E-state index contributed by atoms with van der Waals surface area (Å²) < 4.78 is 1.57. The molecule has 4 N–H and O–H groups in total. The lowest BCUT2D eigenvalue weighted by Crippen LogP contribution is -2.42. The van der Waals surface area contributed by atoms with E-state index in [1.165, 1.54) is 0 Å². The van der Waals surface area contributed by atoms with Crippen molar-refractivity contribution in [3.63, 3.8) is 0 Å². The van der Waals surface area contributed by atoms with Crippen LogP contribution in [0.25, 0.3) is 0 Å². The standard InChI is InChI=1S/C16H21I2N3O3/c17-11-7-12(14(22)13(18)8-11)16(24)20-4-2-6-21-5-1-3-10(9-21)15(19)23/h7-8,10,22H,1-6,9H2,(H2,19,23)(H,20,24). The Morgan fingerprint density at radius 1 is 1.38 bits per heavy atom. The minimum Gasteiger partial charge on any atom is -0.506 e. The summed E-state index contributed by atoms with van der Waals surface area (Å²) in [6.07, 6.45) is 2.64. The van der Waals surface area contributed by atoms with Gasteiger partial charge in [-0.05, 0) is 89.7 Å². The molecule has 6 nitrogen and oxygen atoms in total. The Balaban J connectivity index is 1.78. The summed E-state index contributed by atoms with van der Waals surface area (Å²) in [5, 5.41) is 12.9. The molecule has 1 unspecified atom stereocenters. The quantitative estimate of drug-likeness (QED) is 0.368. The first kappa shape index (κ1) is 19.7. The number of hydrogen-bond donors (Lipinski definition) is 3. The van der Waals surface area contributed by atoms with E-state index in [-0.39, 0.29) is 23.5 Å². The summed E-state index contributed by atoms with van der Waals surface area (Å²) >= 11 is 4.13. The Morgan fingerprint density at radius 3 is 2.83 bits per heavy atom. The third-order valence-electron chi connectivity index (χ3n) is 4.12. The number of nitrogens with one attached hydrogen (secondary N) is 1. The molecular formula is C16H21I2N3O3. The highest BCUT2D eigenvalue weighted by molar-refractivity contribution is 14.1. The van der Waals surface area contributed by atoms with Crippen LogP contribution in [0.4, 0.5) is 0 Å². The number of aromatic hydroxyl groups is 1. The second-order valence-corrected chi connectivity index (χ2v) is 8.34. The molecule has 1 aromatic rings. The van der Waals surface area contributed by atoms with Gasteiger partial charge in [-0.25, -0.2) is 0 Å². The Bertz CT molecular complexity index is 625. The monoisotopic (exact) mass is 557 g/mol. The van der Waals surface area contributed by atoms with Crippen molar-refractivity contribution in [2.75, 3.05) is 26.2 Å². The zero-order valence-corrected chi connectivity index (χ0v) is 17.5. The van der Waals surface area contributed by atoms with Crippen LogP contribution < -0.4 is 11.1 Å². The molecule has 24 heavy (non-hydrogen) atoms. The molecule has 1 aliphatic rings. The normalized spacial score (nSPS) is 18.3. The number of piperidine rings is 1. The fourth-order valence-electron chi connectivity index (χ4n) is 2.83. The Hall–Kier alpha value is -0.620. The largest absolute Gasteiger partial charge is 0.506 e. The molecule has 1 aliphatic heterocycles. The minimum absolute atomic E-state index is 0.0221. The van der Waals surface area contributed by atoms with Crippen LogP contribution in [0.5, 0.6) is 5.75 Å². The first-order chi connectivity index (χ1) is 11.4. The average molecular weight is 557 g/mol. The predicted molar refractivity (Wildman–Crippen MR) is 109 cm³/mol.